The van der Waals surface area contributed by atoms with E-state index >= 15 is 0 Å². The molecule has 0 bridgehead atoms. The fourth-order valence-electron chi connectivity index (χ4n) is 3.14. The number of amides is 1. The SMILES string of the molecule is Cc1cccc(CCNC(=O)c2ccc3c(c2)Cc2c([nH]c(=S)[nH]c2=O)O3)n1. The second-order valence-corrected chi connectivity index (χ2v) is 7.00. The number of benzene rings is 1. The highest BCUT2D eigenvalue weighted by molar-refractivity contribution is 7.71. The smallest absolute Gasteiger partial charge is 0.259 e. The summed E-state index contributed by atoms with van der Waals surface area (Å²) in [4.78, 5) is 34.4. The first kappa shape index (κ1) is 18.1. The molecule has 0 saturated carbocycles. The predicted molar refractivity (Wildman–Crippen MR) is 107 cm³/mol. The molecule has 2 aromatic heterocycles. The molecular formula is C20H18N4O3S. The van der Waals surface area contributed by atoms with Crippen LogP contribution in [0.15, 0.2) is 41.2 Å². The number of fused-ring (bicyclic) bond motifs is 2. The van der Waals surface area contributed by atoms with Crippen molar-refractivity contribution in [1.29, 1.82) is 0 Å². The molecule has 1 aliphatic rings. The normalized spacial score (nSPS) is 11.9. The molecule has 1 aliphatic heterocycles. The molecule has 7 nitrogen and oxygen atoms in total. The molecule has 142 valence electrons. The zero-order chi connectivity index (χ0) is 19.7. The number of hydrogen-bond donors (Lipinski definition) is 3. The number of aromatic nitrogens is 3. The molecule has 4 rings (SSSR count). The number of aryl methyl sites for hydroxylation is 1. The van der Waals surface area contributed by atoms with Gasteiger partial charge < -0.3 is 15.0 Å². The summed E-state index contributed by atoms with van der Waals surface area (Å²) in [6, 6.07) is 11.0. The van der Waals surface area contributed by atoms with Gasteiger partial charge in [-0.25, -0.2) is 0 Å². The van der Waals surface area contributed by atoms with E-state index in [9.17, 15) is 9.59 Å². The topological polar surface area (TPSA) is 99.9 Å². The van der Waals surface area contributed by atoms with Crippen LogP contribution in [0.1, 0.15) is 32.9 Å². The van der Waals surface area contributed by atoms with Gasteiger partial charge in [0.15, 0.2) is 4.77 Å². The van der Waals surface area contributed by atoms with E-state index in [1.54, 1.807) is 18.2 Å². The summed E-state index contributed by atoms with van der Waals surface area (Å²) in [7, 11) is 0. The van der Waals surface area contributed by atoms with E-state index in [1.165, 1.54) is 0 Å². The van der Waals surface area contributed by atoms with Crippen molar-refractivity contribution in [2.45, 2.75) is 19.8 Å². The standard InChI is InChI=1S/C20H18N4O3S/c1-11-3-2-4-14(22-11)7-8-21-17(25)12-5-6-16-13(9-12)10-15-18(26)23-20(28)24-19(15)27-16/h2-6,9H,7-8,10H2,1H3,(H,21,25)(H2,23,24,26,28). The maximum atomic E-state index is 12.5. The zero-order valence-electron chi connectivity index (χ0n) is 15.2. The molecule has 0 saturated heterocycles. The maximum Gasteiger partial charge on any atom is 0.259 e. The van der Waals surface area contributed by atoms with Crippen molar-refractivity contribution < 1.29 is 9.53 Å². The minimum Gasteiger partial charge on any atom is -0.440 e. The molecular weight excluding hydrogens is 376 g/mol. The Morgan fingerprint density at radius 2 is 2.14 bits per heavy atom. The third-order valence-corrected chi connectivity index (χ3v) is 4.72. The van der Waals surface area contributed by atoms with Gasteiger partial charge in [0.1, 0.15) is 5.75 Å². The molecule has 0 aliphatic carbocycles. The minimum absolute atomic E-state index is 0.178. The summed E-state index contributed by atoms with van der Waals surface area (Å²) in [6.45, 7) is 2.43. The monoisotopic (exact) mass is 394 g/mol. The van der Waals surface area contributed by atoms with Gasteiger partial charge in [-0.1, -0.05) is 6.07 Å². The Morgan fingerprint density at radius 3 is 2.96 bits per heavy atom. The number of H-pyrrole nitrogens is 2. The fraction of sp³-hybridized carbons (Fsp3) is 0.200. The lowest BCUT2D eigenvalue weighted by atomic mass is 10.0. The fourth-order valence-corrected chi connectivity index (χ4v) is 3.33. The van der Waals surface area contributed by atoms with Gasteiger partial charge >= 0.3 is 0 Å². The van der Waals surface area contributed by atoms with E-state index < -0.39 is 0 Å². The lowest BCUT2D eigenvalue weighted by Crippen LogP contribution is -2.26. The van der Waals surface area contributed by atoms with Crippen molar-refractivity contribution in [3.8, 4) is 11.6 Å². The molecule has 0 radical (unpaired) electrons. The molecule has 28 heavy (non-hydrogen) atoms. The summed E-state index contributed by atoms with van der Waals surface area (Å²) < 4.78 is 5.96. The molecule has 1 aromatic carbocycles. The van der Waals surface area contributed by atoms with Crippen LogP contribution in [0.5, 0.6) is 11.6 Å². The number of hydrogen-bond acceptors (Lipinski definition) is 5. The van der Waals surface area contributed by atoms with E-state index in [0.29, 0.717) is 42.1 Å². The highest BCUT2D eigenvalue weighted by Gasteiger charge is 2.21. The second kappa shape index (κ2) is 7.40. The van der Waals surface area contributed by atoms with Crippen molar-refractivity contribution >= 4 is 18.1 Å². The Kier molecular flexibility index (Phi) is 4.79. The van der Waals surface area contributed by atoms with Crippen molar-refractivity contribution in [3.05, 3.63) is 79.6 Å². The molecule has 8 heteroatoms. The molecule has 0 fully saturated rings. The minimum atomic E-state index is -0.287. The summed E-state index contributed by atoms with van der Waals surface area (Å²) in [6.07, 6.45) is 1.02. The average Bonchev–Trinajstić information content (AvgIpc) is 2.66. The number of carbonyl (C=O) groups is 1. The van der Waals surface area contributed by atoms with Crippen LogP contribution in [0.3, 0.4) is 0 Å². The molecule has 0 spiro atoms. The second-order valence-electron chi connectivity index (χ2n) is 6.59. The Labute approximate surface area is 165 Å². The van der Waals surface area contributed by atoms with Crippen molar-refractivity contribution in [3.63, 3.8) is 0 Å². The summed E-state index contributed by atoms with van der Waals surface area (Å²) in [5.74, 6) is 0.774. The Balaban J connectivity index is 1.46. The first-order valence-electron chi connectivity index (χ1n) is 8.86. The van der Waals surface area contributed by atoms with Gasteiger partial charge in [-0.05, 0) is 49.5 Å². The lowest BCUT2D eigenvalue weighted by Gasteiger charge is -2.19. The third kappa shape index (κ3) is 3.72. The molecule has 3 N–H and O–H groups in total. The lowest BCUT2D eigenvalue weighted by molar-refractivity contribution is 0.0954. The largest absolute Gasteiger partial charge is 0.440 e. The maximum absolute atomic E-state index is 12.5. The number of carbonyl (C=O) groups excluding carboxylic acids is 1. The van der Waals surface area contributed by atoms with Crippen LogP contribution in [0.25, 0.3) is 0 Å². The summed E-state index contributed by atoms with van der Waals surface area (Å²) in [5, 5.41) is 2.90. The zero-order valence-corrected chi connectivity index (χ0v) is 16.0. The third-order valence-electron chi connectivity index (χ3n) is 4.52. The highest BCUT2D eigenvalue weighted by Crippen LogP contribution is 2.33. The van der Waals surface area contributed by atoms with E-state index in [-0.39, 0.29) is 16.2 Å². The van der Waals surface area contributed by atoms with Gasteiger partial charge in [-0.3, -0.25) is 19.6 Å². The van der Waals surface area contributed by atoms with Gasteiger partial charge in [0.2, 0.25) is 5.88 Å². The van der Waals surface area contributed by atoms with Crippen LogP contribution in [0.4, 0.5) is 0 Å². The number of nitrogens with zero attached hydrogens (tertiary/aromatic N) is 1. The highest BCUT2D eigenvalue weighted by atomic mass is 32.1. The van der Waals surface area contributed by atoms with Gasteiger partial charge in [0.25, 0.3) is 11.5 Å². The number of nitrogens with one attached hydrogen (secondary N) is 3. The molecule has 3 heterocycles. The predicted octanol–water partition coefficient (Wildman–Crippen LogP) is 2.80. The number of aromatic amines is 2. The quantitative estimate of drug-likeness (QED) is 0.462. The van der Waals surface area contributed by atoms with Crippen LogP contribution in [-0.2, 0) is 12.8 Å². The van der Waals surface area contributed by atoms with Crippen LogP contribution >= 0.6 is 12.2 Å². The average molecular weight is 394 g/mol. The first-order valence-corrected chi connectivity index (χ1v) is 9.27. The van der Waals surface area contributed by atoms with Crippen LogP contribution in [0.2, 0.25) is 0 Å². The van der Waals surface area contributed by atoms with E-state index in [0.717, 1.165) is 17.0 Å². The van der Waals surface area contributed by atoms with Gasteiger partial charge in [-0.2, -0.15) is 0 Å². The van der Waals surface area contributed by atoms with Crippen LogP contribution in [0, 0.1) is 11.7 Å². The van der Waals surface area contributed by atoms with Gasteiger partial charge in [0, 0.05) is 41.9 Å². The van der Waals surface area contributed by atoms with Gasteiger partial charge in [0.05, 0.1) is 5.56 Å². The van der Waals surface area contributed by atoms with Crippen LogP contribution < -0.4 is 15.6 Å². The Morgan fingerprint density at radius 1 is 1.29 bits per heavy atom. The van der Waals surface area contributed by atoms with E-state index in [4.69, 9.17) is 17.0 Å². The van der Waals surface area contributed by atoms with E-state index in [1.807, 2.05) is 25.1 Å². The Hall–Kier alpha value is -3.26. The number of pyridine rings is 1. The number of rotatable bonds is 4. The number of ether oxygens (including phenoxy) is 1. The van der Waals surface area contributed by atoms with Crippen molar-refractivity contribution in [2.75, 3.05) is 6.54 Å². The van der Waals surface area contributed by atoms with Crippen molar-refractivity contribution in [1.82, 2.24) is 20.3 Å². The molecule has 3 aromatic rings. The first-order chi connectivity index (χ1) is 13.5. The molecule has 0 unspecified atom stereocenters. The molecule has 0 atom stereocenters. The molecule has 1 amide bonds. The summed E-state index contributed by atoms with van der Waals surface area (Å²) in [5.41, 5.74) is 3.36. The van der Waals surface area contributed by atoms with E-state index in [2.05, 4.69) is 20.3 Å². The van der Waals surface area contributed by atoms with Crippen molar-refractivity contribution in [2.24, 2.45) is 0 Å². The summed E-state index contributed by atoms with van der Waals surface area (Å²) >= 11 is 4.97. The Bertz CT molecular complexity index is 1180. The van der Waals surface area contributed by atoms with Gasteiger partial charge in [-0.15, -0.1) is 0 Å². The van der Waals surface area contributed by atoms with Crippen LogP contribution in [-0.4, -0.2) is 27.4 Å².